The Kier molecular flexibility index (Phi) is 4.20. The summed E-state index contributed by atoms with van der Waals surface area (Å²) in [5, 5.41) is 9.83. The second-order valence-electron chi connectivity index (χ2n) is 4.72. The van der Waals surface area contributed by atoms with Gasteiger partial charge in [0.25, 0.3) is 0 Å². The van der Waals surface area contributed by atoms with Crippen molar-refractivity contribution >= 4 is 11.7 Å². The van der Waals surface area contributed by atoms with Crippen molar-refractivity contribution in [2.75, 3.05) is 11.9 Å². The van der Waals surface area contributed by atoms with E-state index in [0.717, 1.165) is 11.4 Å². The SMILES string of the molecule is O=C(NC[C@H](c1ccco1)n1cccn1)Nc1ccccc1. The lowest BCUT2D eigenvalue weighted by Gasteiger charge is -2.16. The Balaban J connectivity index is 1.63. The van der Waals surface area contributed by atoms with Gasteiger partial charge < -0.3 is 15.1 Å². The molecular weight excluding hydrogens is 280 g/mol. The summed E-state index contributed by atoms with van der Waals surface area (Å²) in [6, 6.07) is 14.3. The van der Waals surface area contributed by atoms with Crippen molar-refractivity contribution in [1.29, 1.82) is 0 Å². The maximum Gasteiger partial charge on any atom is 0.319 e. The molecule has 22 heavy (non-hydrogen) atoms. The number of amides is 2. The standard InChI is InChI=1S/C16H16N4O2/c21-16(19-13-6-2-1-3-7-13)17-12-14(15-8-4-11-22-15)20-10-5-9-18-20/h1-11,14H,12H2,(H2,17,19,21)/t14-/m1/s1. The molecule has 0 aliphatic heterocycles. The highest BCUT2D eigenvalue weighted by atomic mass is 16.3. The van der Waals surface area contributed by atoms with Gasteiger partial charge in [-0.05, 0) is 30.3 Å². The molecule has 0 saturated heterocycles. The van der Waals surface area contributed by atoms with Crippen molar-refractivity contribution in [3.63, 3.8) is 0 Å². The molecule has 6 nitrogen and oxygen atoms in total. The summed E-state index contributed by atoms with van der Waals surface area (Å²) in [7, 11) is 0. The molecule has 0 aliphatic rings. The Hall–Kier alpha value is -3.02. The molecule has 2 heterocycles. The van der Waals surface area contributed by atoms with Gasteiger partial charge in [0, 0.05) is 24.6 Å². The van der Waals surface area contributed by atoms with Crippen LogP contribution in [0.4, 0.5) is 10.5 Å². The molecule has 0 fully saturated rings. The number of carbonyl (C=O) groups is 1. The van der Waals surface area contributed by atoms with E-state index in [1.165, 1.54) is 0 Å². The molecule has 1 aromatic carbocycles. The Labute approximate surface area is 127 Å². The van der Waals surface area contributed by atoms with Crippen LogP contribution in [-0.4, -0.2) is 22.4 Å². The van der Waals surface area contributed by atoms with E-state index in [1.54, 1.807) is 17.1 Å². The zero-order chi connectivity index (χ0) is 15.2. The zero-order valence-electron chi connectivity index (χ0n) is 11.8. The smallest absolute Gasteiger partial charge is 0.319 e. The van der Waals surface area contributed by atoms with E-state index in [0.29, 0.717) is 6.54 Å². The largest absolute Gasteiger partial charge is 0.467 e. The maximum absolute atomic E-state index is 12.0. The summed E-state index contributed by atoms with van der Waals surface area (Å²) in [6.07, 6.45) is 5.14. The molecule has 112 valence electrons. The minimum atomic E-state index is -0.269. The van der Waals surface area contributed by atoms with Gasteiger partial charge in [-0.3, -0.25) is 4.68 Å². The van der Waals surface area contributed by atoms with Crippen molar-refractivity contribution in [3.8, 4) is 0 Å². The van der Waals surface area contributed by atoms with E-state index in [9.17, 15) is 4.79 Å². The minimum absolute atomic E-state index is 0.188. The summed E-state index contributed by atoms with van der Waals surface area (Å²) in [4.78, 5) is 12.0. The number of hydrogen-bond donors (Lipinski definition) is 2. The van der Waals surface area contributed by atoms with Crippen LogP contribution in [0.15, 0.2) is 71.6 Å². The van der Waals surface area contributed by atoms with Crippen LogP contribution >= 0.6 is 0 Å². The van der Waals surface area contributed by atoms with E-state index in [2.05, 4.69) is 15.7 Å². The molecule has 0 aliphatic carbocycles. The summed E-state index contributed by atoms with van der Waals surface area (Å²) >= 11 is 0. The van der Waals surface area contributed by atoms with Crippen molar-refractivity contribution in [2.24, 2.45) is 0 Å². The Bertz CT molecular complexity index is 659. The fraction of sp³-hybridized carbons (Fsp3) is 0.125. The highest BCUT2D eigenvalue weighted by Crippen LogP contribution is 2.17. The topological polar surface area (TPSA) is 72.1 Å². The average molecular weight is 296 g/mol. The van der Waals surface area contributed by atoms with Gasteiger partial charge in [-0.1, -0.05) is 18.2 Å². The molecule has 2 aromatic heterocycles. The maximum atomic E-state index is 12.0. The second-order valence-corrected chi connectivity index (χ2v) is 4.72. The number of urea groups is 1. The molecule has 2 N–H and O–H groups in total. The molecule has 0 spiro atoms. The monoisotopic (exact) mass is 296 g/mol. The van der Waals surface area contributed by atoms with Crippen LogP contribution in [0.25, 0.3) is 0 Å². The van der Waals surface area contributed by atoms with Crippen molar-refractivity contribution in [3.05, 3.63) is 72.9 Å². The number of anilines is 1. The lowest BCUT2D eigenvalue weighted by molar-refractivity contribution is 0.250. The van der Waals surface area contributed by atoms with Gasteiger partial charge in [-0.15, -0.1) is 0 Å². The van der Waals surface area contributed by atoms with Crippen molar-refractivity contribution in [2.45, 2.75) is 6.04 Å². The summed E-state index contributed by atoms with van der Waals surface area (Å²) in [5.74, 6) is 0.740. The average Bonchev–Trinajstić information content (AvgIpc) is 3.22. The predicted molar refractivity (Wildman–Crippen MR) is 82.5 cm³/mol. The number of rotatable bonds is 5. The molecule has 0 saturated carbocycles. The lowest BCUT2D eigenvalue weighted by Crippen LogP contribution is -2.34. The van der Waals surface area contributed by atoms with Crippen LogP contribution in [0, 0.1) is 0 Å². The van der Waals surface area contributed by atoms with E-state index < -0.39 is 0 Å². The molecule has 3 rings (SSSR count). The number of furan rings is 1. The lowest BCUT2D eigenvalue weighted by atomic mass is 10.2. The van der Waals surface area contributed by atoms with Gasteiger partial charge >= 0.3 is 6.03 Å². The fourth-order valence-electron chi connectivity index (χ4n) is 2.16. The molecule has 0 radical (unpaired) electrons. The number of para-hydroxylation sites is 1. The molecule has 1 atom stereocenters. The van der Waals surface area contributed by atoms with Gasteiger partial charge in [0.2, 0.25) is 0 Å². The third-order valence-corrected chi connectivity index (χ3v) is 3.20. The van der Waals surface area contributed by atoms with Crippen LogP contribution in [0.3, 0.4) is 0 Å². The Morgan fingerprint density at radius 3 is 2.73 bits per heavy atom. The first-order valence-corrected chi connectivity index (χ1v) is 6.95. The second kappa shape index (κ2) is 6.62. The van der Waals surface area contributed by atoms with Gasteiger partial charge in [-0.2, -0.15) is 5.10 Å². The van der Waals surface area contributed by atoms with E-state index in [1.807, 2.05) is 54.7 Å². The Morgan fingerprint density at radius 2 is 2.05 bits per heavy atom. The number of carbonyl (C=O) groups excluding carboxylic acids is 1. The van der Waals surface area contributed by atoms with Crippen molar-refractivity contribution in [1.82, 2.24) is 15.1 Å². The third-order valence-electron chi connectivity index (χ3n) is 3.20. The molecule has 0 bridgehead atoms. The molecular formula is C16H16N4O2. The Morgan fingerprint density at radius 1 is 1.18 bits per heavy atom. The third kappa shape index (κ3) is 3.35. The van der Waals surface area contributed by atoms with Crippen LogP contribution < -0.4 is 10.6 Å². The number of nitrogens with one attached hydrogen (secondary N) is 2. The van der Waals surface area contributed by atoms with E-state index >= 15 is 0 Å². The quantitative estimate of drug-likeness (QED) is 0.760. The van der Waals surface area contributed by atoms with Crippen LogP contribution in [-0.2, 0) is 0 Å². The zero-order valence-corrected chi connectivity index (χ0v) is 11.8. The minimum Gasteiger partial charge on any atom is -0.467 e. The number of hydrogen-bond acceptors (Lipinski definition) is 3. The normalized spacial score (nSPS) is 11.8. The van der Waals surface area contributed by atoms with Crippen LogP contribution in [0.5, 0.6) is 0 Å². The van der Waals surface area contributed by atoms with Gasteiger partial charge in [0.1, 0.15) is 11.8 Å². The number of nitrogens with zero attached hydrogens (tertiary/aromatic N) is 2. The highest BCUT2D eigenvalue weighted by molar-refractivity contribution is 5.89. The summed E-state index contributed by atoms with van der Waals surface area (Å²) < 4.78 is 7.19. The molecule has 3 aromatic rings. The highest BCUT2D eigenvalue weighted by Gasteiger charge is 2.17. The predicted octanol–water partition coefficient (Wildman–Crippen LogP) is 2.89. The van der Waals surface area contributed by atoms with E-state index in [-0.39, 0.29) is 12.1 Å². The fourth-order valence-corrected chi connectivity index (χ4v) is 2.16. The molecule has 0 unspecified atom stereocenters. The first kappa shape index (κ1) is 13.9. The number of aromatic nitrogens is 2. The summed E-state index contributed by atoms with van der Waals surface area (Å²) in [5.41, 5.74) is 0.744. The van der Waals surface area contributed by atoms with Gasteiger partial charge in [-0.25, -0.2) is 4.79 Å². The first-order valence-electron chi connectivity index (χ1n) is 6.95. The van der Waals surface area contributed by atoms with Gasteiger partial charge in [0.15, 0.2) is 0 Å². The van der Waals surface area contributed by atoms with Crippen molar-refractivity contribution < 1.29 is 9.21 Å². The molecule has 6 heteroatoms. The van der Waals surface area contributed by atoms with Gasteiger partial charge in [0.05, 0.1) is 6.26 Å². The number of benzene rings is 1. The first-order chi connectivity index (χ1) is 10.8. The van der Waals surface area contributed by atoms with E-state index in [4.69, 9.17) is 4.42 Å². The van der Waals surface area contributed by atoms with Crippen LogP contribution in [0.2, 0.25) is 0 Å². The summed E-state index contributed by atoms with van der Waals surface area (Å²) in [6.45, 7) is 0.369. The van der Waals surface area contributed by atoms with Crippen LogP contribution in [0.1, 0.15) is 11.8 Å². The molecule has 2 amide bonds.